The van der Waals surface area contributed by atoms with Gasteiger partial charge in [0.25, 0.3) is 5.91 Å². The molecule has 0 aliphatic rings. The van der Waals surface area contributed by atoms with Gasteiger partial charge in [0.2, 0.25) is 5.78 Å². The van der Waals surface area contributed by atoms with Gasteiger partial charge < -0.3 is 10.1 Å². The average molecular weight is 398 g/mol. The fourth-order valence-electron chi connectivity index (χ4n) is 2.12. The van der Waals surface area contributed by atoms with E-state index in [9.17, 15) is 18.8 Å². The number of ketones is 1. The van der Waals surface area contributed by atoms with Gasteiger partial charge >= 0.3 is 5.97 Å². The maximum Gasteiger partial charge on any atom is 0.329 e. The monoisotopic (exact) mass is 397 g/mol. The number of rotatable bonds is 7. The van der Waals surface area contributed by atoms with E-state index < -0.39 is 36.1 Å². The molecule has 1 atom stereocenters. The summed E-state index contributed by atoms with van der Waals surface area (Å²) in [7, 11) is 0. The molecule has 8 heteroatoms. The zero-order valence-corrected chi connectivity index (χ0v) is 15.7. The third-order valence-corrected chi connectivity index (χ3v) is 4.79. The van der Waals surface area contributed by atoms with Crippen molar-refractivity contribution >= 4 is 40.6 Å². The van der Waals surface area contributed by atoms with Crippen LogP contribution >= 0.6 is 22.9 Å². The first-order valence-electron chi connectivity index (χ1n) is 7.80. The molecule has 1 aromatic heterocycles. The number of ether oxygens (including phenoxy) is 1. The predicted octanol–water partition coefficient (Wildman–Crippen LogP) is 3.72. The number of thiophene rings is 1. The number of nitrogens with one attached hydrogen (secondary N) is 1. The molecule has 0 aliphatic carbocycles. The third-order valence-electron chi connectivity index (χ3n) is 3.52. The molecule has 0 fully saturated rings. The molecular formula is C18H17ClFNO4S. The van der Waals surface area contributed by atoms with Gasteiger partial charge in [-0.2, -0.15) is 0 Å². The highest BCUT2D eigenvalue weighted by molar-refractivity contribution is 7.18. The van der Waals surface area contributed by atoms with Crippen LogP contribution in [0.15, 0.2) is 36.4 Å². The summed E-state index contributed by atoms with van der Waals surface area (Å²) in [6.07, 6.45) is 0. The van der Waals surface area contributed by atoms with Crippen LogP contribution in [0.1, 0.15) is 33.9 Å². The van der Waals surface area contributed by atoms with Gasteiger partial charge in [0.05, 0.1) is 14.8 Å². The first kappa shape index (κ1) is 20.1. The predicted molar refractivity (Wildman–Crippen MR) is 97.1 cm³/mol. The van der Waals surface area contributed by atoms with Crippen molar-refractivity contribution < 1.29 is 23.5 Å². The van der Waals surface area contributed by atoms with Crippen LogP contribution in [0.5, 0.6) is 0 Å². The molecule has 1 aromatic carbocycles. The van der Waals surface area contributed by atoms with Gasteiger partial charge in [-0.05, 0) is 30.2 Å². The van der Waals surface area contributed by atoms with Crippen molar-refractivity contribution in [3.63, 3.8) is 0 Å². The molecule has 0 aliphatic heterocycles. The van der Waals surface area contributed by atoms with Gasteiger partial charge in [-0.15, -0.1) is 11.3 Å². The lowest BCUT2D eigenvalue weighted by Crippen LogP contribution is -2.45. The Hall–Kier alpha value is -2.25. The number of Topliss-reactive ketones (excluding diaryl/α,β-unsaturated/α-hetero) is 1. The Morgan fingerprint density at radius 3 is 2.46 bits per heavy atom. The molecule has 1 N–H and O–H groups in total. The Labute approximate surface area is 159 Å². The molecule has 1 amide bonds. The van der Waals surface area contributed by atoms with Crippen LogP contribution in [-0.2, 0) is 9.53 Å². The minimum Gasteiger partial charge on any atom is -0.456 e. The summed E-state index contributed by atoms with van der Waals surface area (Å²) in [5, 5.41) is 2.46. The summed E-state index contributed by atoms with van der Waals surface area (Å²) in [6, 6.07) is 7.56. The van der Waals surface area contributed by atoms with Gasteiger partial charge in [0.15, 0.2) is 6.61 Å². The Balaban J connectivity index is 2.00. The standard InChI is InChI=1S/C18H17ClFNO4S/c1-10(2)16(21-17(23)11-5-3-4-6-12(11)20)18(24)25-9-13(22)14-7-8-15(19)26-14/h3-8,10,16H,9H2,1-2H3,(H,21,23). The van der Waals surface area contributed by atoms with E-state index in [-0.39, 0.29) is 11.5 Å². The van der Waals surface area contributed by atoms with Crippen molar-refractivity contribution in [3.05, 3.63) is 57.0 Å². The van der Waals surface area contributed by atoms with Gasteiger partial charge in [0.1, 0.15) is 11.9 Å². The van der Waals surface area contributed by atoms with Crippen LogP contribution < -0.4 is 5.32 Å². The van der Waals surface area contributed by atoms with E-state index in [1.54, 1.807) is 26.0 Å². The number of hydrogen-bond donors (Lipinski definition) is 1. The number of hydrogen-bond acceptors (Lipinski definition) is 5. The average Bonchev–Trinajstić information content (AvgIpc) is 3.03. The Kier molecular flexibility index (Phi) is 6.88. The molecule has 2 rings (SSSR count). The van der Waals surface area contributed by atoms with E-state index in [4.69, 9.17) is 16.3 Å². The van der Waals surface area contributed by atoms with E-state index in [1.165, 1.54) is 18.2 Å². The maximum atomic E-state index is 13.7. The van der Waals surface area contributed by atoms with Gasteiger partial charge in [0, 0.05) is 0 Å². The molecule has 5 nitrogen and oxygen atoms in total. The van der Waals surface area contributed by atoms with Crippen molar-refractivity contribution in [2.24, 2.45) is 5.92 Å². The first-order chi connectivity index (χ1) is 12.3. The van der Waals surface area contributed by atoms with Crippen LogP contribution in [0, 0.1) is 11.7 Å². The molecule has 0 radical (unpaired) electrons. The van der Waals surface area contributed by atoms with Crippen LogP contribution in [-0.4, -0.2) is 30.3 Å². The number of amides is 1. The van der Waals surface area contributed by atoms with Crippen molar-refractivity contribution in [2.75, 3.05) is 6.61 Å². The largest absolute Gasteiger partial charge is 0.456 e. The lowest BCUT2D eigenvalue weighted by molar-refractivity contribution is -0.145. The topological polar surface area (TPSA) is 72.5 Å². The van der Waals surface area contributed by atoms with Gasteiger partial charge in [-0.3, -0.25) is 9.59 Å². The summed E-state index contributed by atoms with van der Waals surface area (Å²) in [5.41, 5.74) is -0.171. The summed E-state index contributed by atoms with van der Waals surface area (Å²) >= 11 is 6.85. The van der Waals surface area contributed by atoms with Gasteiger partial charge in [-0.25, -0.2) is 9.18 Å². The minimum absolute atomic E-state index is 0.171. The Morgan fingerprint density at radius 2 is 1.88 bits per heavy atom. The number of carbonyl (C=O) groups is 3. The molecule has 2 aromatic rings. The van der Waals surface area contributed by atoms with Crippen LogP contribution in [0.25, 0.3) is 0 Å². The lowest BCUT2D eigenvalue weighted by atomic mass is 10.0. The molecule has 0 spiro atoms. The summed E-state index contributed by atoms with van der Waals surface area (Å²) in [5.74, 6) is -2.89. The zero-order valence-electron chi connectivity index (χ0n) is 14.1. The van der Waals surface area contributed by atoms with E-state index in [0.29, 0.717) is 9.21 Å². The second kappa shape index (κ2) is 8.91. The van der Waals surface area contributed by atoms with Crippen LogP contribution in [0.3, 0.4) is 0 Å². The first-order valence-corrected chi connectivity index (χ1v) is 8.99. The molecule has 138 valence electrons. The fraction of sp³-hybridized carbons (Fsp3) is 0.278. The summed E-state index contributed by atoms with van der Waals surface area (Å²) in [6.45, 7) is 2.94. The molecular weight excluding hydrogens is 381 g/mol. The Bertz CT molecular complexity index is 821. The highest BCUT2D eigenvalue weighted by atomic mass is 35.5. The second-order valence-electron chi connectivity index (χ2n) is 5.81. The number of benzene rings is 1. The SMILES string of the molecule is CC(C)C(NC(=O)c1ccccc1F)C(=O)OCC(=O)c1ccc(Cl)s1. The number of carbonyl (C=O) groups excluding carboxylic acids is 3. The number of esters is 1. The molecule has 0 saturated heterocycles. The smallest absolute Gasteiger partial charge is 0.329 e. The van der Waals surface area contributed by atoms with E-state index in [2.05, 4.69) is 5.32 Å². The van der Waals surface area contributed by atoms with E-state index >= 15 is 0 Å². The van der Waals surface area contributed by atoms with E-state index in [1.807, 2.05) is 0 Å². The highest BCUT2D eigenvalue weighted by Crippen LogP contribution is 2.21. The molecule has 1 unspecified atom stereocenters. The third kappa shape index (κ3) is 5.12. The van der Waals surface area contributed by atoms with Crippen molar-refractivity contribution in [3.8, 4) is 0 Å². The molecule has 0 saturated carbocycles. The normalized spacial score (nSPS) is 11.9. The van der Waals surface area contributed by atoms with Crippen LogP contribution in [0.2, 0.25) is 4.34 Å². The summed E-state index contributed by atoms with van der Waals surface area (Å²) in [4.78, 5) is 36.8. The van der Waals surface area contributed by atoms with E-state index in [0.717, 1.165) is 17.4 Å². The Morgan fingerprint density at radius 1 is 1.19 bits per heavy atom. The quantitative estimate of drug-likeness (QED) is 0.571. The highest BCUT2D eigenvalue weighted by Gasteiger charge is 2.27. The lowest BCUT2D eigenvalue weighted by Gasteiger charge is -2.20. The molecule has 1 heterocycles. The zero-order chi connectivity index (χ0) is 19.3. The minimum atomic E-state index is -1.01. The fourth-order valence-corrected chi connectivity index (χ4v) is 3.09. The van der Waals surface area contributed by atoms with Crippen molar-refractivity contribution in [1.29, 1.82) is 0 Å². The van der Waals surface area contributed by atoms with Crippen LogP contribution in [0.4, 0.5) is 4.39 Å². The van der Waals surface area contributed by atoms with Crippen molar-refractivity contribution in [1.82, 2.24) is 5.32 Å². The summed E-state index contributed by atoms with van der Waals surface area (Å²) < 4.78 is 19.2. The number of halogens is 2. The van der Waals surface area contributed by atoms with Crippen molar-refractivity contribution in [2.45, 2.75) is 19.9 Å². The molecule has 26 heavy (non-hydrogen) atoms. The molecule has 0 bridgehead atoms. The van der Waals surface area contributed by atoms with Gasteiger partial charge in [-0.1, -0.05) is 37.6 Å². The maximum absolute atomic E-state index is 13.7. The second-order valence-corrected chi connectivity index (χ2v) is 7.52.